The highest BCUT2D eigenvalue weighted by molar-refractivity contribution is 5.95. The first-order chi connectivity index (χ1) is 31.9. The molecular formula is C52H59NO15. The minimum absolute atomic E-state index is 0.0408. The number of nitrogens with zero attached hydrogens (tertiary/aromatic N) is 1. The van der Waals surface area contributed by atoms with Crippen molar-refractivity contribution >= 4 is 35.6 Å². The summed E-state index contributed by atoms with van der Waals surface area (Å²) >= 11 is 0. The summed E-state index contributed by atoms with van der Waals surface area (Å²) in [6.07, 6.45) is -12.2. The van der Waals surface area contributed by atoms with Gasteiger partial charge in [-0.15, -0.1) is 0 Å². The van der Waals surface area contributed by atoms with E-state index >= 15 is 9.59 Å². The van der Waals surface area contributed by atoms with Crippen LogP contribution in [0.25, 0.3) is 0 Å². The zero-order valence-corrected chi connectivity index (χ0v) is 39.6. The molecule has 3 aromatic carbocycles. The third kappa shape index (κ3) is 7.83. The lowest BCUT2D eigenvalue weighted by Crippen LogP contribution is -2.81. The van der Waals surface area contributed by atoms with Gasteiger partial charge in [-0.25, -0.2) is 14.4 Å². The summed E-state index contributed by atoms with van der Waals surface area (Å²) in [4.78, 5) is 85.7. The van der Waals surface area contributed by atoms with Crippen LogP contribution in [0.1, 0.15) is 119 Å². The number of benzene rings is 3. The lowest BCUT2D eigenvalue weighted by atomic mass is 9.44. The maximum Gasteiger partial charge on any atom is 0.413 e. The summed E-state index contributed by atoms with van der Waals surface area (Å²) in [5, 5.41) is 38.2. The Hall–Kier alpha value is -5.78. The van der Waals surface area contributed by atoms with Gasteiger partial charge in [0.1, 0.15) is 41.7 Å². The number of ketones is 2. The molecule has 362 valence electrons. The molecule has 4 fully saturated rings. The average molecular weight is 938 g/mol. The van der Waals surface area contributed by atoms with Gasteiger partial charge in [0.05, 0.1) is 29.6 Å². The first-order valence-corrected chi connectivity index (χ1v) is 22.8. The van der Waals surface area contributed by atoms with Crippen LogP contribution < -0.4 is 0 Å². The van der Waals surface area contributed by atoms with Gasteiger partial charge in [0.15, 0.2) is 29.5 Å². The molecule has 68 heavy (non-hydrogen) atoms. The van der Waals surface area contributed by atoms with Crippen LogP contribution in [0.5, 0.6) is 0 Å². The molecule has 16 nitrogen and oxygen atoms in total. The Kier molecular flexibility index (Phi) is 12.4. The van der Waals surface area contributed by atoms with Crippen LogP contribution in [-0.4, -0.2) is 116 Å². The summed E-state index contributed by atoms with van der Waals surface area (Å²) in [5.41, 5.74) is -7.24. The number of hydrogen-bond acceptors (Lipinski definition) is 15. The summed E-state index contributed by atoms with van der Waals surface area (Å²) in [7, 11) is 0. The van der Waals surface area contributed by atoms with Crippen LogP contribution in [-0.2, 0) is 42.8 Å². The molecule has 12 atom stereocenters. The van der Waals surface area contributed by atoms with E-state index in [2.05, 4.69) is 0 Å². The number of ether oxygens (including phenoxy) is 6. The van der Waals surface area contributed by atoms with Crippen LogP contribution in [0.3, 0.4) is 0 Å². The second-order valence-electron chi connectivity index (χ2n) is 20.4. The van der Waals surface area contributed by atoms with Crippen molar-refractivity contribution in [3.8, 4) is 0 Å². The fraction of sp³-hybridized carbons (Fsp3) is 0.500. The van der Waals surface area contributed by atoms with Gasteiger partial charge in [0, 0.05) is 36.3 Å². The van der Waals surface area contributed by atoms with E-state index in [-0.39, 0.29) is 35.5 Å². The molecule has 8 rings (SSSR count). The van der Waals surface area contributed by atoms with Gasteiger partial charge in [-0.1, -0.05) is 86.6 Å². The Morgan fingerprint density at radius 2 is 1.44 bits per heavy atom. The van der Waals surface area contributed by atoms with Crippen molar-refractivity contribution in [3.05, 3.63) is 118 Å². The number of carbonyl (C=O) groups is 6. The second kappa shape index (κ2) is 17.3. The number of Topliss-reactive ketones (excluding diaryl/α,β-unsaturated/α-hetero) is 2. The first-order valence-electron chi connectivity index (χ1n) is 22.8. The molecule has 0 radical (unpaired) electrons. The van der Waals surface area contributed by atoms with Gasteiger partial charge in [-0.3, -0.25) is 19.3 Å². The molecule has 2 aliphatic heterocycles. The lowest BCUT2D eigenvalue weighted by Gasteiger charge is -2.67. The van der Waals surface area contributed by atoms with Crippen molar-refractivity contribution < 1.29 is 72.5 Å². The molecular weight excluding hydrogens is 879 g/mol. The fourth-order valence-corrected chi connectivity index (χ4v) is 11.4. The maximum atomic E-state index is 15.2. The Balaban J connectivity index is 1.27. The van der Waals surface area contributed by atoms with E-state index in [1.54, 1.807) is 114 Å². The smallest absolute Gasteiger partial charge is 0.413 e. The molecule has 0 aromatic heterocycles. The zero-order valence-electron chi connectivity index (χ0n) is 39.6. The molecule has 2 saturated heterocycles. The van der Waals surface area contributed by atoms with Crippen LogP contribution in [0.2, 0.25) is 0 Å². The molecule has 1 amide bonds. The monoisotopic (exact) mass is 937 g/mol. The summed E-state index contributed by atoms with van der Waals surface area (Å²) in [5.74, 6) is -5.31. The highest BCUT2D eigenvalue weighted by atomic mass is 16.6. The van der Waals surface area contributed by atoms with Gasteiger partial charge >= 0.3 is 24.0 Å². The zero-order chi connectivity index (χ0) is 49.5. The average Bonchev–Trinajstić information content (AvgIpc) is 3.69. The van der Waals surface area contributed by atoms with E-state index < -0.39 is 119 Å². The number of rotatable bonds is 8. The number of amides is 1. The van der Waals surface area contributed by atoms with Gasteiger partial charge in [0.2, 0.25) is 0 Å². The predicted octanol–water partition coefficient (Wildman–Crippen LogP) is 5.91. The van der Waals surface area contributed by atoms with Crippen LogP contribution in [0.15, 0.2) is 96.1 Å². The van der Waals surface area contributed by atoms with E-state index in [9.17, 15) is 34.5 Å². The minimum Gasteiger partial charge on any atom is -0.456 e. The Labute approximate surface area is 394 Å². The van der Waals surface area contributed by atoms with Crippen molar-refractivity contribution in [2.24, 2.45) is 16.7 Å². The van der Waals surface area contributed by atoms with E-state index in [1.165, 1.54) is 37.8 Å². The van der Waals surface area contributed by atoms with Gasteiger partial charge in [-0.05, 0) is 70.4 Å². The second-order valence-corrected chi connectivity index (χ2v) is 20.4. The van der Waals surface area contributed by atoms with Crippen LogP contribution in [0.4, 0.5) is 4.79 Å². The molecule has 3 aliphatic carbocycles. The number of esters is 3. The molecule has 3 aromatic rings. The molecule has 2 saturated carbocycles. The van der Waals surface area contributed by atoms with Crippen LogP contribution >= 0.6 is 0 Å². The highest BCUT2D eigenvalue weighted by Crippen LogP contribution is 2.64. The maximum absolute atomic E-state index is 15.2. The normalized spacial score (nSPS) is 34.0. The third-order valence-corrected chi connectivity index (χ3v) is 14.9. The van der Waals surface area contributed by atoms with Crippen LogP contribution in [0, 0.1) is 16.7 Å². The van der Waals surface area contributed by atoms with Crippen molar-refractivity contribution in [1.82, 2.24) is 4.90 Å². The predicted molar refractivity (Wildman–Crippen MR) is 240 cm³/mol. The molecule has 2 bridgehead atoms. The number of aliphatic hydroxyl groups is 3. The largest absolute Gasteiger partial charge is 0.456 e. The number of fused-ring (bicyclic) bond motifs is 5. The van der Waals surface area contributed by atoms with Gasteiger partial charge in [-0.2, -0.15) is 0 Å². The van der Waals surface area contributed by atoms with Crippen molar-refractivity contribution in [2.45, 2.75) is 141 Å². The van der Waals surface area contributed by atoms with Crippen molar-refractivity contribution in [1.29, 1.82) is 0 Å². The van der Waals surface area contributed by atoms with Crippen molar-refractivity contribution in [2.75, 3.05) is 6.61 Å². The molecule has 16 heteroatoms. The SMILES string of the molecule is CC(=O)O[C@@]12CO[C@@H]1C[C@H](O)[C@@]1(C)C(=O)[C@H](O)C3=C(C)[C@@H](OC(=O)[C@@H]4OC(c5ccc(C(C)=O)cc5)N(C(=O)OC(C)(C)C)[C@H]4c4ccccc4)C[C@@](O)([C@@H](OC(=O)c4ccccc4)[C@H]21)C3(C)C. The molecule has 5 aliphatic rings. The highest BCUT2D eigenvalue weighted by Gasteiger charge is 2.78. The number of carbonyl (C=O) groups excluding carboxylic acids is 6. The van der Waals surface area contributed by atoms with E-state index in [0.717, 1.165) is 0 Å². The number of hydrogen-bond donors (Lipinski definition) is 3. The molecule has 2 heterocycles. The fourth-order valence-electron chi connectivity index (χ4n) is 11.4. The Bertz CT molecular complexity index is 2540. The van der Waals surface area contributed by atoms with Gasteiger partial charge in [0.25, 0.3) is 0 Å². The Morgan fingerprint density at radius 3 is 2.00 bits per heavy atom. The summed E-state index contributed by atoms with van der Waals surface area (Å²) in [6, 6.07) is 21.8. The van der Waals surface area contributed by atoms with E-state index in [1.807, 2.05) is 0 Å². The van der Waals surface area contributed by atoms with E-state index in [4.69, 9.17) is 28.4 Å². The lowest BCUT2D eigenvalue weighted by molar-refractivity contribution is -0.346. The Morgan fingerprint density at radius 1 is 0.824 bits per heavy atom. The molecule has 1 unspecified atom stereocenters. The first kappa shape index (κ1) is 48.7. The summed E-state index contributed by atoms with van der Waals surface area (Å²) in [6.45, 7) is 13.5. The quantitative estimate of drug-likeness (QED) is 0.103. The molecule has 0 spiro atoms. The van der Waals surface area contributed by atoms with Gasteiger partial charge < -0.3 is 43.7 Å². The van der Waals surface area contributed by atoms with Crippen molar-refractivity contribution in [3.63, 3.8) is 0 Å². The number of aliphatic hydroxyl groups excluding tert-OH is 2. The summed E-state index contributed by atoms with van der Waals surface area (Å²) < 4.78 is 37.3. The minimum atomic E-state index is -2.37. The standard InChI is InChI=1S/C52H59NO15/c1-27-34(64-46(60)40-38(31-16-12-10-13-17-31)53(47(61)68-48(4,5)6)44(65-40)32-22-20-30(21-23-32)28(2)54)25-52(62)43(66-45(59)33-18-14-11-15-19-33)41-50(9,42(58)39(57)37(27)49(52,7)8)35(56)24-36-51(41,26-63-36)67-29(3)55/h10-23,34-36,38-41,43-44,56-57,62H,24-26H2,1-9H3/t34-,35-,36+,38-,39+,40+,41-,43-,44?,50+,51-,52+/m0/s1. The molecule has 3 N–H and O–H groups in total. The topological polar surface area (TPSA) is 222 Å². The van der Waals surface area contributed by atoms with E-state index in [0.29, 0.717) is 16.7 Å². The third-order valence-electron chi connectivity index (χ3n) is 14.9.